The number of aryl methyl sites for hydroxylation is 1. The van der Waals surface area contributed by atoms with E-state index in [4.69, 9.17) is 4.74 Å². The molecular weight excluding hydrogens is 288 g/mol. The summed E-state index contributed by atoms with van der Waals surface area (Å²) in [5.74, 6) is -0.193. The van der Waals surface area contributed by atoms with Gasteiger partial charge >= 0.3 is 5.97 Å². The van der Waals surface area contributed by atoms with Crippen molar-refractivity contribution in [3.8, 4) is 0 Å². The molecule has 0 aliphatic rings. The summed E-state index contributed by atoms with van der Waals surface area (Å²) < 4.78 is 5.13. The van der Waals surface area contributed by atoms with Gasteiger partial charge in [0.2, 0.25) is 0 Å². The predicted octanol–water partition coefficient (Wildman–Crippen LogP) is 3.74. The lowest BCUT2D eigenvalue weighted by Crippen LogP contribution is -2.28. The van der Waals surface area contributed by atoms with E-state index in [1.165, 1.54) is 0 Å². The molecule has 0 spiro atoms. The molecule has 122 valence electrons. The Morgan fingerprint density at radius 1 is 1.22 bits per heavy atom. The van der Waals surface area contributed by atoms with Gasteiger partial charge in [0.25, 0.3) is 0 Å². The van der Waals surface area contributed by atoms with E-state index >= 15 is 0 Å². The molecule has 0 saturated heterocycles. The number of esters is 1. The van der Waals surface area contributed by atoms with Crippen molar-refractivity contribution in [2.45, 2.75) is 39.3 Å². The number of ether oxygens (including phenoxy) is 1. The maximum atomic E-state index is 12.0. The lowest BCUT2D eigenvalue weighted by Gasteiger charge is -2.24. The number of carbonyl (C=O) groups is 1. The van der Waals surface area contributed by atoms with Crippen LogP contribution in [0.3, 0.4) is 0 Å². The molecule has 2 unspecified atom stereocenters. The Labute approximate surface area is 137 Å². The number of hydrogen-bond donors (Lipinski definition) is 1. The summed E-state index contributed by atoms with van der Waals surface area (Å²) in [5, 5.41) is 3.52. The number of nitrogens with zero attached hydrogens (tertiary/aromatic N) is 1. The second-order valence-corrected chi connectivity index (χ2v) is 5.56. The van der Waals surface area contributed by atoms with Crippen LogP contribution in [0, 0.1) is 6.92 Å². The van der Waals surface area contributed by atoms with Crippen LogP contribution < -0.4 is 5.32 Å². The van der Waals surface area contributed by atoms with E-state index in [0.717, 1.165) is 16.8 Å². The Morgan fingerprint density at radius 2 is 1.96 bits per heavy atom. The summed E-state index contributed by atoms with van der Waals surface area (Å²) in [6.45, 7) is 6.33. The van der Waals surface area contributed by atoms with Gasteiger partial charge in [0.05, 0.1) is 18.7 Å². The monoisotopic (exact) mass is 312 g/mol. The molecule has 2 aromatic rings. The molecule has 4 heteroatoms. The third kappa shape index (κ3) is 4.89. The van der Waals surface area contributed by atoms with Gasteiger partial charge in [-0.3, -0.25) is 9.78 Å². The molecule has 0 aliphatic carbocycles. The first-order valence-corrected chi connectivity index (χ1v) is 8.00. The fourth-order valence-electron chi connectivity index (χ4n) is 2.64. The minimum Gasteiger partial charge on any atom is -0.466 e. The van der Waals surface area contributed by atoms with Gasteiger partial charge in [0.1, 0.15) is 0 Å². The van der Waals surface area contributed by atoms with E-state index in [-0.39, 0.29) is 18.1 Å². The lowest BCUT2D eigenvalue weighted by molar-refractivity contribution is -0.143. The molecule has 0 amide bonds. The summed E-state index contributed by atoms with van der Waals surface area (Å²) in [6, 6.07) is 13.9. The third-order valence-corrected chi connectivity index (χ3v) is 3.82. The topological polar surface area (TPSA) is 51.2 Å². The largest absolute Gasteiger partial charge is 0.466 e. The van der Waals surface area contributed by atoms with Crippen molar-refractivity contribution in [2.24, 2.45) is 0 Å². The van der Waals surface area contributed by atoms with Gasteiger partial charge in [0, 0.05) is 18.3 Å². The van der Waals surface area contributed by atoms with Gasteiger partial charge in [-0.1, -0.05) is 30.3 Å². The van der Waals surface area contributed by atoms with Crippen LogP contribution in [0.1, 0.15) is 49.2 Å². The van der Waals surface area contributed by atoms with Gasteiger partial charge in [0.15, 0.2) is 0 Å². The molecule has 0 bridgehead atoms. The van der Waals surface area contributed by atoms with E-state index in [0.29, 0.717) is 13.0 Å². The molecule has 1 aromatic heterocycles. The fourth-order valence-corrected chi connectivity index (χ4v) is 2.64. The Balaban J connectivity index is 2.19. The Kier molecular flexibility index (Phi) is 6.29. The summed E-state index contributed by atoms with van der Waals surface area (Å²) in [6.07, 6.45) is 2.08. The normalized spacial score (nSPS) is 13.3. The molecule has 0 fully saturated rings. The van der Waals surface area contributed by atoms with Crippen molar-refractivity contribution in [3.63, 3.8) is 0 Å². The zero-order chi connectivity index (χ0) is 16.7. The highest BCUT2D eigenvalue weighted by Gasteiger charge is 2.21. The third-order valence-electron chi connectivity index (χ3n) is 3.82. The first-order valence-electron chi connectivity index (χ1n) is 8.00. The SMILES string of the molecule is CCOC(=O)CC(NC(C)c1ccccn1)c1ccccc1C. The summed E-state index contributed by atoms with van der Waals surface area (Å²) in [5.41, 5.74) is 3.22. The van der Waals surface area contributed by atoms with Crippen LogP contribution in [-0.2, 0) is 9.53 Å². The highest BCUT2D eigenvalue weighted by Crippen LogP contribution is 2.24. The number of carbonyl (C=O) groups excluding carboxylic acids is 1. The van der Waals surface area contributed by atoms with Crippen LogP contribution in [-0.4, -0.2) is 17.6 Å². The molecule has 0 saturated carbocycles. The summed E-state index contributed by atoms with van der Waals surface area (Å²) >= 11 is 0. The molecule has 2 atom stereocenters. The van der Waals surface area contributed by atoms with Crippen molar-refractivity contribution in [2.75, 3.05) is 6.61 Å². The van der Waals surface area contributed by atoms with E-state index in [9.17, 15) is 4.79 Å². The van der Waals surface area contributed by atoms with Crippen LogP contribution >= 0.6 is 0 Å². The molecule has 0 aliphatic heterocycles. The minimum atomic E-state index is -0.193. The summed E-state index contributed by atoms with van der Waals surface area (Å²) in [7, 11) is 0. The fraction of sp³-hybridized carbons (Fsp3) is 0.368. The van der Waals surface area contributed by atoms with E-state index in [1.807, 2.05) is 37.3 Å². The van der Waals surface area contributed by atoms with E-state index < -0.39 is 0 Å². The van der Waals surface area contributed by atoms with Gasteiger partial charge in [-0.2, -0.15) is 0 Å². The molecule has 0 radical (unpaired) electrons. The number of aromatic nitrogens is 1. The maximum absolute atomic E-state index is 12.0. The first kappa shape index (κ1) is 17.2. The molecule has 1 aromatic carbocycles. The zero-order valence-electron chi connectivity index (χ0n) is 14.0. The van der Waals surface area contributed by atoms with Crippen molar-refractivity contribution in [1.82, 2.24) is 10.3 Å². The molecule has 2 rings (SSSR count). The van der Waals surface area contributed by atoms with Crippen molar-refractivity contribution in [3.05, 3.63) is 65.5 Å². The number of hydrogen-bond acceptors (Lipinski definition) is 4. The number of pyridine rings is 1. The number of nitrogens with one attached hydrogen (secondary N) is 1. The standard InChI is InChI=1S/C19H24N2O2/c1-4-23-19(22)13-18(16-10-6-5-9-14(16)2)21-15(3)17-11-7-8-12-20-17/h5-12,15,18,21H,4,13H2,1-3H3. The average molecular weight is 312 g/mol. The smallest absolute Gasteiger partial charge is 0.307 e. The number of benzene rings is 1. The highest BCUT2D eigenvalue weighted by molar-refractivity contribution is 5.70. The minimum absolute atomic E-state index is 0.0373. The van der Waals surface area contributed by atoms with Gasteiger partial charge < -0.3 is 10.1 Å². The molecular formula is C19H24N2O2. The van der Waals surface area contributed by atoms with Crippen molar-refractivity contribution < 1.29 is 9.53 Å². The first-order chi connectivity index (χ1) is 11.1. The van der Waals surface area contributed by atoms with Crippen molar-refractivity contribution in [1.29, 1.82) is 0 Å². The van der Waals surface area contributed by atoms with E-state index in [2.05, 4.69) is 36.3 Å². The van der Waals surface area contributed by atoms with Crippen molar-refractivity contribution >= 4 is 5.97 Å². The molecule has 1 heterocycles. The highest BCUT2D eigenvalue weighted by atomic mass is 16.5. The second kappa shape index (κ2) is 8.44. The van der Waals surface area contributed by atoms with Crippen LogP contribution in [0.25, 0.3) is 0 Å². The Morgan fingerprint density at radius 3 is 2.61 bits per heavy atom. The lowest BCUT2D eigenvalue weighted by atomic mass is 9.97. The van der Waals surface area contributed by atoms with E-state index in [1.54, 1.807) is 6.20 Å². The van der Waals surface area contributed by atoms with Crippen LogP contribution in [0.5, 0.6) is 0 Å². The summed E-state index contributed by atoms with van der Waals surface area (Å²) in [4.78, 5) is 16.4. The maximum Gasteiger partial charge on any atom is 0.307 e. The van der Waals surface area contributed by atoms with Crippen LogP contribution in [0.15, 0.2) is 48.7 Å². The predicted molar refractivity (Wildman–Crippen MR) is 91.0 cm³/mol. The molecule has 1 N–H and O–H groups in total. The number of rotatable bonds is 7. The van der Waals surface area contributed by atoms with Gasteiger partial charge in [-0.15, -0.1) is 0 Å². The molecule has 4 nitrogen and oxygen atoms in total. The average Bonchev–Trinajstić information content (AvgIpc) is 2.55. The van der Waals surface area contributed by atoms with Gasteiger partial charge in [-0.25, -0.2) is 0 Å². The van der Waals surface area contributed by atoms with Gasteiger partial charge in [-0.05, 0) is 44.0 Å². The van der Waals surface area contributed by atoms with Crippen LogP contribution in [0.4, 0.5) is 0 Å². The second-order valence-electron chi connectivity index (χ2n) is 5.56. The quantitative estimate of drug-likeness (QED) is 0.791. The van der Waals surface area contributed by atoms with Crippen LogP contribution in [0.2, 0.25) is 0 Å². The Bertz CT molecular complexity index is 628. The Hall–Kier alpha value is -2.20. The molecule has 23 heavy (non-hydrogen) atoms. The zero-order valence-corrected chi connectivity index (χ0v) is 14.0.